The first-order valence-corrected chi connectivity index (χ1v) is 6.95. The lowest BCUT2D eigenvalue weighted by molar-refractivity contribution is 0.117. The molecule has 0 aliphatic heterocycles. The second-order valence-electron chi connectivity index (χ2n) is 4.29. The maximum atomic E-state index is 9.87. The van der Waals surface area contributed by atoms with Crippen molar-refractivity contribution in [1.82, 2.24) is 0 Å². The number of nitrogens with one attached hydrogen (secondary N) is 1. The number of ether oxygens (including phenoxy) is 1. The van der Waals surface area contributed by atoms with E-state index < -0.39 is 6.10 Å². The van der Waals surface area contributed by atoms with Crippen molar-refractivity contribution in [2.75, 3.05) is 18.5 Å². The lowest BCUT2D eigenvalue weighted by atomic mass is 10.3. The Morgan fingerprint density at radius 1 is 1.10 bits per heavy atom. The zero-order valence-corrected chi connectivity index (χ0v) is 12.2. The normalized spacial score (nSPS) is 11.9. The van der Waals surface area contributed by atoms with Crippen LogP contribution in [0.1, 0.15) is 0 Å². The molecule has 3 nitrogen and oxygen atoms in total. The summed E-state index contributed by atoms with van der Waals surface area (Å²) in [5.41, 5.74) is 0.856. The number of aliphatic hydroxyl groups is 1. The number of anilines is 1. The van der Waals surface area contributed by atoms with E-state index in [2.05, 4.69) is 5.32 Å². The van der Waals surface area contributed by atoms with Crippen LogP contribution >= 0.6 is 23.2 Å². The SMILES string of the molecule is OC(CNc1cccc(Cl)c1)COc1ccccc1Cl. The van der Waals surface area contributed by atoms with Crippen molar-refractivity contribution in [3.05, 3.63) is 58.6 Å². The molecule has 0 aliphatic rings. The maximum Gasteiger partial charge on any atom is 0.138 e. The molecule has 2 aromatic carbocycles. The first kappa shape index (κ1) is 15.0. The highest BCUT2D eigenvalue weighted by molar-refractivity contribution is 6.32. The zero-order chi connectivity index (χ0) is 14.4. The molecule has 0 saturated carbocycles. The summed E-state index contributed by atoms with van der Waals surface area (Å²) in [4.78, 5) is 0. The molecular weight excluding hydrogens is 297 g/mol. The van der Waals surface area contributed by atoms with Gasteiger partial charge in [-0.2, -0.15) is 0 Å². The summed E-state index contributed by atoms with van der Waals surface area (Å²) < 4.78 is 5.46. The van der Waals surface area contributed by atoms with E-state index in [1.807, 2.05) is 24.3 Å². The largest absolute Gasteiger partial charge is 0.489 e. The first-order valence-electron chi connectivity index (χ1n) is 6.20. The molecule has 0 bridgehead atoms. The highest BCUT2D eigenvalue weighted by atomic mass is 35.5. The molecule has 0 spiro atoms. The summed E-state index contributed by atoms with van der Waals surface area (Å²) in [5.74, 6) is 0.566. The van der Waals surface area contributed by atoms with Gasteiger partial charge in [-0.15, -0.1) is 0 Å². The molecule has 0 aliphatic carbocycles. The van der Waals surface area contributed by atoms with E-state index >= 15 is 0 Å². The Bertz CT molecular complexity index is 563. The van der Waals surface area contributed by atoms with E-state index in [0.717, 1.165) is 5.69 Å². The van der Waals surface area contributed by atoms with Gasteiger partial charge in [0.25, 0.3) is 0 Å². The van der Waals surface area contributed by atoms with Gasteiger partial charge in [-0.3, -0.25) is 0 Å². The Labute approximate surface area is 128 Å². The third-order valence-corrected chi connectivity index (χ3v) is 3.18. The van der Waals surface area contributed by atoms with E-state index in [0.29, 0.717) is 22.3 Å². The van der Waals surface area contributed by atoms with Gasteiger partial charge in [0.05, 0.1) is 5.02 Å². The van der Waals surface area contributed by atoms with Crippen LogP contribution in [-0.2, 0) is 0 Å². The van der Waals surface area contributed by atoms with Gasteiger partial charge in [-0.05, 0) is 30.3 Å². The molecule has 1 unspecified atom stereocenters. The Morgan fingerprint density at radius 3 is 2.65 bits per heavy atom. The topological polar surface area (TPSA) is 41.5 Å². The van der Waals surface area contributed by atoms with Gasteiger partial charge in [-0.25, -0.2) is 0 Å². The number of hydrogen-bond acceptors (Lipinski definition) is 3. The predicted octanol–water partition coefficient (Wildman–Crippen LogP) is 3.85. The molecule has 20 heavy (non-hydrogen) atoms. The molecule has 0 saturated heterocycles. The van der Waals surface area contributed by atoms with E-state index in [1.54, 1.807) is 24.3 Å². The third-order valence-electron chi connectivity index (χ3n) is 2.63. The number of hydrogen-bond donors (Lipinski definition) is 2. The van der Waals surface area contributed by atoms with Gasteiger partial charge in [-0.1, -0.05) is 41.4 Å². The molecule has 2 rings (SSSR count). The van der Waals surface area contributed by atoms with Gasteiger partial charge < -0.3 is 15.2 Å². The van der Waals surface area contributed by atoms with E-state index in [9.17, 15) is 5.11 Å². The molecule has 0 amide bonds. The lowest BCUT2D eigenvalue weighted by Gasteiger charge is -2.14. The van der Waals surface area contributed by atoms with Crippen LogP contribution in [0.2, 0.25) is 10.0 Å². The molecule has 2 aromatic rings. The Balaban J connectivity index is 1.78. The van der Waals surface area contributed by atoms with Crippen molar-refractivity contribution >= 4 is 28.9 Å². The summed E-state index contributed by atoms with van der Waals surface area (Å²) >= 11 is 11.8. The van der Waals surface area contributed by atoms with Crippen LogP contribution in [0.25, 0.3) is 0 Å². The van der Waals surface area contributed by atoms with Gasteiger partial charge in [0.2, 0.25) is 0 Å². The van der Waals surface area contributed by atoms with E-state index in [4.69, 9.17) is 27.9 Å². The second kappa shape index (κ2) is 7.39. The van der Waals surface area contributed by atoms with Gasteiger partial charge >= 0.3 is 0 Å². The fraction of sp³-hybridized carbons (Fsp3) is 0.200. The van der Waals surface area contributed by atoms with Gasteiger partial charge in [0.1, 0.15) is 18.5 Å². The van der Waals surface area contributed by atoms with Gasteiger partial charge in [0.15, 0.2) is 0 Å². The fourth-order valence-corrected chi connectivity index (χ4v) is 2.02. The molecular formula is C15H15Cl2NO2. The number of para-hydroxylation sites is 1. The Hall–Kier alpha value is -1.42. The minimum atomic E-state index is -0.648. The highest BCUT2D eigenvalue weighted by Crippen LogP contribution is 2.23. The number of aliphatic hydroxyl groups excluding tert-OH is 1. The third kappa shape index (κ3) is 4.60. The van der Waals surface area contributed by atoms with Crippen molar-refractivity contribution in [3.63, 3.8) is 0 Å². The summed E-state index contributed by atoms with van der Waals surface area (Å²) in [6.07, 6.45) is -0.648. The molecule has 0 fully saturated rings. The number of benzene rings is 2. The molecule has 1 atom stereocenters. The maximum absolute atomic E-state index is 9.87. The number of halogens is 2. The molecule has 0 radical (unpaired) electrons. The fourth-order valence-electron chi connectivity index (χ4n) is 1.64. The highest BCUT2D eigenvalue weighted by Gasteiger charge is 2.07. The first-order chi connectivity index (χ1) is 9.65. The predicted molar refractivity (Wildman–Crippen MR) is 82.9 cm³/mol. The van der Waals surface area contributed by atoms with Crippen LogP contribution in [-0.4, -0.2) is 24.4 Å². The molecule has 106 valence electrons. The number of rotatable bonds is 6. The molecule has 2 N–H and O–H groups in total. The Kier molecular flexibility index (Phi) is 5.53. The van der Waals surface area contributed by atoms with Crippen LogP contribution in [0.5, 0.6) is 5.75 Å². The van der Waals surface area contributed by atoms with Crippen LogP contribution in [0, 0.1) is 0 Å². The van der Waals surface area contributed by atoms with Crippen molar-refractivity contribution in [2.45, 2.75) is 6.10 Å². The quantitative estimate of drug-likeness (QED) is 0.851. The Morgan fingerprint density at radius 2 is 1.90 bits per heavy atom. The van der Waals surface area contributed by atoms with Crippen molar-refractivity contribution in [2.24, 2.45) is 0 Å². The van der Waals surface area contributed by atoms with Crippen LogP contribution < -0.4 is 10.1 Å². The van der Waals surface area contributed by atoms with Crippen LogP contribution in [0.4, 0.5) is 5.69 Å². The van der Waals surface area contributed by atoms with Crippen LogP contribution in [0.15, 0.2) is 48.5 Å². The monoisotopic (exact) mass is 311 g/mol. The standard InChI is InChI=1S/C15H15Cl2NO2/c16-11-4-3-5-12(8-11)18-9-13(19)10-20-15-7-2-1-6-14(15)17/h1-8,13,18-19H,9-10H2. The molecule has 0 heterocycles. The zero-order valence-electron chi connectivity index (χ0n) is 10.7. The summed E-state index contributed by atoms with van der Waals surface area (Å²) in [7, 11) is 0. The second-order valence-corrected chi connectivity index (χ2v) is 5.13. The van der Waals surface area contributed by atoms with Crippen molar-refractivity contribution in [1.29, 1.82) is 0 Å². The minimum absolute atomic E-state index is 0.164. The van der Waals surface area contributed by atoms with Crippen molar-refractivity contribution < 1.29 is 9.84 Å². The molecule has 5 heteroatoms. The minimum Gasteiger partial charge on any atom is -0.489 e. The van der Waals surface area contributed by atoms with E-state index in [-0.39, 0.29) is 6.61 Å². The molecule has 0 aromatic heterocycles. The smallest absolute Gasteiger partial charge is 0.138 e. The average Bonchev–Trinajstić information content (AvgIpc) is 2.44. The average molecular weight is 312 g/mol. The van der Waals surface area contributed by atoms with Gasteiger partial charge in [0, 0.05) is 17.3 Å². The van der Waals surface area contributed by atoms with Crippen molar-refractivity contribution in [3.8, 4) is 5.75 Å². The summed E-state index contributed by atoms with van der Waals surface area (Å²) in [6, 6.07) is 14.5. The lowest BCUT2D eigenvalue weighted by Crippen LogP contribution is -2.26. The summed E-state index contributed by atoms with van der Waals surface area (Å²) in [6.45, 7) is 0.530. The van der Waals surface area contributed by atoms with Crippen LogP contribution in [0.3, 0.4) is 0 Å². The van der Waals surface area contributed by atoms with E-state index in [1.165, 1.54) is 0 Å². The summed E-state index contributed by atoms with van der Waals surface area (Å²) in [5, 5.41) is 14.1.